The van der Waals surface area contributed by atoms with Gasteiger partial charge in [-0.15, -0.1) is 0 Å². The van der Waals surface area contributed by atoms with E-state index >= 15 is 0 Å². The molecule has 2 aromatic rings. The lowest BCUT2D eigenvalue weighted by Crippen LogP contribution is -2.22. The molecular weight excluding hydrogens is 306 g/mol. The quantitative estimate of drug-likeness (QED) is 0.843. The van der Waals surface area contributed by atoms with Gasteiger partial charge in [-0.05, 0) is 41.4 Å². The lowest BCUT2D eigenvalue weighted by atomic mass is 10.0. The summed E-state index contributed by atoms with van der Waals surface area (Å²) in [5.41, 5.74) is 2.29. The Morgan fingerprint density at radius 2 is 2.26 bits per heavy atom. The smallest absolute Gasteiger partial charge is 0.174 e. The summed E-state index contributed by atoms with van der Waals surface area (Å²) in [5, 5.41) is 7.95. The van der Waals surface area contributed by atoms with Gasteiger partial charge in [0.05, 0.1) is 18.5 Å². The molecule has 2 heterocycles. The Labute approximate surface area is 122 Å². The summed E-state index contributed by atoms with van der Waals surface area (Å²) in [6.45, 7) is 6.23. The summed E-state index contributed by atoms with van der Waals surface area (Å²) in [6.07, 6.45) is 7.92. The van der Waals surface area contributed by atoms with Gasteiger partial charge >= 0.3 is 0 Å². The normalized spacial score (nSPS) is 12.8. The monoisotopic (exact) mass is 325 g/mol. The predicted molar refractivity (Wildman–Crippen MR) is 79.1 cm³/mol. The van der Waals surface area contributed by atoms with Crippen molar-refractivity contribution in [2.75, 3.05) is 6.54 Å². The van der Waals surface area contributed by atoms with E-state index in [2.05, 4.69) is 46.4 Å². The largest absolute Gasteiger partial charge is 0.457 e. The minimum atomic E-state index is 0.124. The molecule has 0 aliphatic carbocycles. The minimum absolute atomic E-state index is 0.124. The fraction of sp³-hybridized carbons (Fsp3) is 0.500. The zero-order valence-corrected chi connectivity index (χ0v) is 13.0. The van der Waals surface area contributed by atoms with Gasteiger partial charge in [-0.3, -0.25) is 4.68 Å². The van der Waals surface area contributed by atoms with E-state index in [-0.39, 0.29) is 6.04 Å². The SMILES string of the molecule is CCCNC(c1cnn(CCC)c1)c1ccoc1Br. The van der Waals surface area contributed by atoms with Gasteiger partial charge < -0.3 is 9.73 Å². The summed E-state index contributed by atoms with van der Waals surface area (Å²) in [6, 6.07) is 2.12. The third kappa shape index (κ3) is 3.48. The standard InChI is InChI=1S/C14H20BrN3O/c1-3-6-16-13(12-5-8-19-14(12)15)11-9-17-18(10-11)7-4-2/h5,8-10,13,16H,3-4,6-7H2,1-2H3. The fourth-order valence-corrected chi connectivity index (χ4v) is 2.56. The molecule has 1 atom stereocenters. The highest BCUT2D eigenvalue weighted by Crippen LogP contribution is 2.29. The van der Waals surface area contributed by atoms with Crippen LogP contribution in [0.15, 0.2) is 33.8 Å². The first kappa shape index (κ1) is 14.3. The predicted octanol–water partition coefficient (Wildman–Crippen LogP) is 3.74. The molecule has 0 bridgehead atoms. The molecule has 1 N–H and O–H groups in total. The zero-order valence-electron chi connectivity index (χ0n) is 11.4. The number of hydrogen-bond donors (Lipinski definition) is 1. The van der Waals surface area contributed by atoms with Gasteiger partial charge in [0.25, 0.3) is 0 Å². The lowest BCUT2D eigenvalue weighted by molar-refractivity contribution is 0.523. The number of rotatable bonds is 7. The molecule has 4 nitrogen and oxygen atoms in total. The molecule has 104 valence electrons. The zero-order chi connectivity index (χ0) is 13.7. The van der Waals surface area contributed by atoms with Crippen LogP contribution in [0.1, 0.15) is 43.9 Å². The Morgan fingerprint density at radius 1 is 1.42 bits per heavy atom. The molecule has 2 aromatic heterocycles. The van der Waals surface area contributed by atoms with Crippen LogP contribution in [-0.4, -0.2) is 16.3 Å². The van der Waals surface area contributed by atoms with Crippen LogP contribution in [0.25, 0.3) is 0 Å². The summed E-state index contributed by atoms with van der Waals surface area (Å²) >= 11 is 3.46. The average Bonchev–Trinajstić information content (AvgIpc) is 3.01. The lowest BCUT2D eigenvalue weighted by Gasteiger charge is -2.16. The Kier molecular flexibility index (Phi) is 5.22. The number of nitrogens with one attached hydrogen (secondary N) is 1. The van der Waals surface area contributed by atoms with Crippen molar-refractivity contribution in [3.63, 3.8) is 0 Å². The van der Waals surface area contributed by atoms with Crippen molar-refractivity contribution in [3.8, 4) is 0 Å². The summed E-state index contributed by atoms with van der Waals surface area (Å²) in [5.74, 6) is 0. The van der Waals surface area contributed by atoms with Crippen molar-refractivity contribution in [1.29, 1.82) is 0 Å². The van der Waals surface area contributed by atoms with Crippen LogP contribution in [0, 0.1) is 0 Å². The molecule has 0 spiro atoms. The van der Waals surface area contributed by atoms with Crippen LogP contribution >= 0.6 is 15.9 Å². The van der Waals surface area contributed by atoms with Crippen LogP contribution in [0.3, 0.4) is 0 Å². The molecule has 2 rings (SSSR count). The first-order valence-corrected chi connectivity index (χ1v) is 7.54. The molecule has 0 aliphatic heterocycles. The topological polar surface area (TPSA) is 43.0 Å². The van der Waals surface area contributed by atoms with Crippen LogP contribution < -0.4 is 5.32 Å². The van der Waals surface area contributed by atoms with Gasteiger partial charge in [0.15, 0.2) is 4.67 Å². The molecule has 0 saturated heterocycles. The first-order chi connectivity index (χ1) is 9.26. The molecule has 0 saturated carbocycles. The summed E-state index contributed by atoms with van der Waals surface area (Å²) in [4.78, 5) is 0. The maximum Gasteiger partial charge on any atom is 0.174 e. The molecule has 0 amide bonds. The van der Waals surface area contributed by atoms with Crippen molar-refractivity contribution in [2.24, 2.45) is 0 Å². The van der Waals surface area contributed by atoms with E-state index in [1.54, 1.807) is 6.26 Å². The van der Waals surface area contributed by atoms with E-state index in [1.165, 1.54) is 5.56 Å². The van der Waals surface area contributed by atoms with Gasteiger partial charge in [-0.25, -0.2) is 0 Å². The van der Waals surface area contributed by atoms with E-state index in [1.807, 2.05) is 16.9 Å². The number of halogens is 1. The molecule has 19 heavy (non-hydrogen) atoms. The van der Waals surface area contributed by atoms with Gasteiger partial charge in [0.1, 0.15) is 0 Å². The molecule has 0 aromatic carbocycles. The number of nitrogens with zero attached hydrogens (tertiary/aromatic N) is 2. The van der Waals surface area contributed by atoms with Crippen molar-refractivity contribution in [3.05, 3.63) is 40.5 Å². The molecule has 0 radical (unpaired) electrons. The average molecular weight is 326 g/mol. The summed E-state index contributed by atoms with van der Waals surface area (Å²) in [7, 11) is 0. The Bertz CT molecular complexity index is 506. The molecule has 1 unspecified atom stereocenters. The Balaban J connectivity index is 2.23. The van der Waals surface area contributed by atoms with E-state index in [9.17, 15) is 0 Å². The minimum Gasteiger partial charge on any atom is -0.457 e. The van der Waals surface area contributed by atoms with Crippen molar-refractivity contribution < 1.29 is 4.42 Å². The van der Waals surface area contributed by atoms with Gasteiger partial charge in [-0.2, -0.15) is 5.10 Å². The van der Waals surface area contributed by atoms with E-state index < -0.39 is 0 Å². The second-order valence-corrected chi connectivity index (χ2v) is 5.29. The first-order valence-electron chi connectivity index (χ1n) is 6.74. The van der Waals surface area contributed by atoms with E-state index in [0.29, 0.717) is 0 Å². The van der Waals surface area contributed by atoms with Crippen LogP contribution in [0.2, 0.25) is 0 Å². The Hall–Kier alpha value is -1.07. The number of hydrogen-bond acceptors (Lipinski definition) is 3. The maximum absolute atomic E-state index is 5.35. The second kappa shape index (κ2) is 6.91. The van der Waals surface area contributed by atoms with Gasteiger partial charge in [0.2, 0.25) is 0 Å². The van der Waals surface area contributed by atoms with Crippen molar-refractivity contribution >= 4 is 15.9 Å². The third-order valence-corrected chi connectivity index (χ3v) is 3.64. The third-order valence-electron chi connectivity index (χ3n) is 2.99. The second-order valence-electron chi connectivity index (χ2n) is 4.57. The van der Waals surface area contributed by atoms with Gasteiger partial charge in [-0.1, -0.05) is 13.8 Å². The molecule has 0 fully saturated rings. The molecular formula is C14H20BrN3O. The highest BCUT2D eigenvalue weighted by atomic mass is 79.9. The fourth-order valence-electron chi connectivity index (χ4n) is 2.09. The van der Waals surface area contributed by atoms with Crippen molar-refractivity contribution in [2.45, 2.75) is 39.3 Å². The number of aromatic nitrogens is 2. The van der Waals surface area contributed by atoms with Crippen LogP contribution in [-0.2, 0) is 6.54 Å². The van der Waals surface area contributed by atoms with E-state index in [0.717, 1.165) is 36.2 Å². The van der Waals surface area contributed by atoms with E-state index in [4.69, 9.17) is 4.42 Å². The number of aryl methyl sites for hydroxylation is 1. The summed E-state index contributed by atoms with van der Waals surface area (Å²) < 4.78 is 8.12. The van der Waals surface area contributed by atoms with Crippen LogP contribution in [0.4, 0.5) is 0 Å². The Morgan fingerprint density at radius 3 is 2.89 bits per heavy atom. The molecule has 5 heteroatoms. The van der Waals surface area contributed by atoms with Crippen LogP contribution in [0.5, 0.6) is 0 Å². The van der Waals surface area contributed by atoms with Crippen molar-refractivity contribution in [1.82, 2.24) is 15.1 Å². The maximum atomic E-state index is 5.35. The molecule has 0 aliphatic rings. The highest BCUT2D eigenvalue weighted by molar-refractivity contribution is 9.10. The highest BCUT2D eigenvalue weighted by Gasteiger charge is 2.19. The number of furan rings is 1. The van der Waals surface area contributed by atoms with Gasteiger partial charge in [0, 0.05) is 23.9 Å².